The summed E-state index contributed by atoms with van der Waals surface area (Å²) in [6, 6.07) is 4.21. The Bertz CT molecular complexity index is 464. The Balaban J connectivity index is 2.66. The second-order valence-corrected chi connectivity index (χ2v) is 5.00. The highest BCUT2D eigenvalue weighted by molar-refractivity contribution is 9.10. The number of halogens is 1. The van der Waals surface area contributed by atoms with Gasteiger partial charge in [0.1, 0.15) is 5.82 Å². The van der Waals surface area contributed by atoms with Crippen LogP contribution in [0.25, 0.3) is 11.0 Å². The predicted octanol–water partition coefficient (Wildman–Crippen LogP) is 3.50. The van der Waals surface area contributed by atoms with Gasteiger partial charge in [-0.3, -0.25) is 0 Å². The highest BCUT2D eigenvalue weighted by atomic mass is 79.9. The van der Waals surface area contributed by atoms with Crippen LogP contribution in [0.5, 0.6) is 0 Å². The van der Waals surface area contributed by atoms with Crippen LogP contribution in [0.15, 0.2) is 16.6 Å². The van der Waals surface area contributed by atoms with E-state index < -0.39 is 0 Å². The van der Waals surface area contributed by atoms with Crippen molar-refractivity contribution in [1.82, 2.24) is 9.97 Å². The summed E-state index contributed by atoms with van der Waals surface area (Å²) in [5.74, 6) is 1.97. The number of nitrogens with zero attached hydrogens (tertiary/aromatic N) is 1. The number of hydrogen-bond acceptors (Lipinski definition) is 2. The van der Waals surface area contributed by atoms with Crippen molar-refractivity contribution in [1.29, 1.82) is 0 Å². The highest BCUT2D eigenvalue weighted by Gasteiger charge is 2.06. The van der Waals surface area contributed by atoms with Gasteiger partial charge >= 0.3 is 0 Å². The van der Waals surface area contributed by atoms with E-state index in [4.69, 9.17) is 0 Å². The third-order valence-electron chi connectivity index (χ3n) is 2.05. The zero-order chi connectivity index (χ0) is 10.1. The summed E-state index contributed by atoms with van der Waals surface area (Å²) < 4.78 is 1.11. The number of hydrogen-bond donors (Lipinski definition) is 1. The van der Waals surface area contributed by atoms with Crippen LogP contribution in [0.1, 0.15) is 11.4 Å². The standard InChI is InChI=1S/C10H11BrN2S/c1-6-12-9-4-8(11)3-7(5-14-2)10(9)13-6/h3-4H,5H2,1-2H3,(H,12,13). The minimum absolute atomic E-state index is 0.973. The number of rotatable bonds is 2. The lowest BCUT2D eigenvalue weighted by Gasteiger charge is -2.00. The van der Waals surface area contributed by atoms with Gasteiger partial charge in [0.05, 0.1) is 11.0 Å². The van der Waals surface area contributed by atoms with Crippen LogP contribution in [-0.2, 0) is 5.75 Å². The number of aryl methyl sites for hydroxylation is 1. The maximum Gasteiger partial charge on any atom is 0.104 e. The van der Waals surface area contributed by atoms with E-state index in [1.807, 2.05) is 18.7 Å². The first-order valence-corrected chi connectivity index (χ1v) is 6.53. The Hall–Kier alpha value is -0.480. The molecule has 0 fully saturated rings. The smallest absolute Gasteiger partial charge is 0.104 e. The van der Waals surface area contributed by atoms with Gasteiger partial charge in [-0.25, -0.2) is 4.98 Å². The molecular weight excluding hydrogens is 260 g/mol. The number of aromatic amines is 1. The Labute approximate surface area is 95.6 Å². The molecule has 14 heavy (non-hydrogen) atoms. The number of thioether (sulfide) groups is 1. The molecule has 1 heterocycles. The second-order valence-electron chi connectivity index (χ2n) is 3.22. The molecule has 0 bridgehead atoms. The van der Waals surface area contributed by atoms with Gasteiger partial charge in [0.25, 0.3) is 0 Å². The largest absolute Gasteiger partial charge is 0.342 e. The molecule has 1 aromatic carbocycles. The third-order valence-corrected chi connectivity index (χ3v) is 3.11. The van der Waals surface area contributed by atoms with Crippen molar-refractivity contribution in [2.24, 2.45) is 0 Å². The van der Waals surface area contributed by atoms with Crippen molar-refractivity contribution in [3.63, 3.8) is 0 Å². The van der Waals surface area contributed by atoms with E-state index in [-0.39, 0.29) is 0 Å². The van der Waals surface area contributed by atoms with Crippen LogP contribution in [0, 0.1) is 6.92 Å². The lowest BCUT2D eigenvalue weighted by Crippen LogP contribution is -1.83. The molecule has 0 saturated heterocycles. The van der Waals surface area contributed by atoms with Crippen LogP contribution >= 0.6 is 27.7 Å². The van der Waals surface area contributed by atoms with E-state index in [9.17, 15) is 0 Å². The number of fused-ring (bicyclic) bond motifs is 1. The normalized spacial score (nSPS) is 11.1. The Morgan fingerprint density at radius 2 is 2.29 bits per heavy atom. The van der Waals surface area contributed by atoms with E-state index in [2.05, 4.69) is 44.3 Å². The fourth-order valence-electron chi connectivity index (χ4n) is 1.54. The minimum atomic E-state index is 0.973. The first kappa shape index (κ1) is 10.1. The third kappa shape index (κ3) is 1.81. The summed E-state index contributed by atoms with van der Waals surface area (Å²) in [6.45, 7) is 1.98. The molecule has 0 aliphatic heterocycles. The van der Waals surface area contributed by atoms with Crippen LogP contribution in [0.4, 0.5) is 0 Å². The molecule has 0 aliphatic carbocycles. The molecule has 1 N–H and O–H groups in total. The van der Waals surface area contributed by atoms with Crippen molar-refractivity contribution in [2.45, 2.75) is 12.7 Å². The van der Waals surface area contributed by atoms with Gasteiger partial charge in [0, 0.05) is 10.2 Å². The van der Waals surface area contributed by atoms with Crippen molar-refractivity contribution in [2.75, 3.05) is 6.26 Å². The minimum Gasteiger partial charge on any atom is -0.342 e. The molecule has 0 atom stereocenters. The van der Waals surface area contributed by atoms with Gasteiger partial charge in [-0.05, 0) is 30.9 Å². The summed E-state index contributed by atoms with van der Waals surface area (Å²) in [6.07, 6.45) is 2.10. The zero-order valence-electron chi connectivity index (χ0n) is 8.10. The summed E-state index contributed by atoms with van der Waals surface area (Å²) in [7, 11) is 0. The number of nitrogens with one attached hydrogen (secondary N) is 1. The van der Waals surface area contributed by atoms with E-state index in [1.165, 1.54) is 5.56 Å². The van der Waals surface area contributed by atoms with Crippen LogP contribution < -0.4 is 0 Å². The van der Waals surface area contributed by atoms with Crippen molar-refractivity contribution in [3.05, 3.63) is 28.0 Å². The van der Waals surface area contributed by atoms with Crippen LogP contribution in [-0.4, -0.2) is 16.2 Å². The van der Waals surface area contributed by atoms with Crippen molar-refractivity contribution >= 4 is 38.7 Å². The van der Waals surface area contributed by atoms with Gasteiger partial charge < -0.3 is 4.98 Å². The maximum absolute atomic E-state index is 4.48. The van der Waals surface area contributed by atoms with E-state index in [0.29, 0.717) is 0 Å². The molecule has 1 aromatic heterocycles. The van der Waals surface area contributed by atoms with Crippen LogP contribution in [0.3, 0.4) is 0 Å². The SMILES string of the molecule is CSCc1cc(Br)cc2[nH]c(C)nc12. The topological polar surface area (TPSA) is 28.7 Å². The lowest BCUT2D eigenvalue weighted by atomic mass is 10.2. The molecule has 2 nitrogen and oxygen atoms in total. The first-order chi connectivity index (χ1) is 6.70. The molecule has 4 heteroatoms. The molecule has 74 valence electrons. The van der Waals surface area contributed by atoms with Gasteiger partial charge in [-0.15, -0.1) is 0 Å². The van der Waals surface area contributed by atoms with Crippen molar-refractivity contribution < 1.29 is 0 Å². The first-order valence-electron chi connectivity index (χ1n) is 4.34. The number of aromatic nitrogens is 2. The van der Waals surface area contributed by atoms with E-state index >= 15 is 0 Å². The molecule has 0 amide bonds. The molecule has 0 spiro atoms. The predicted molar refractivity (Wildman–Crippen MR) is 65.7 cm³/mol. The fourth-order valence-corrected chi connectivity index (χ4v) is 2.58. The summed E-state index contributed by atoms with van der Waals surface area (Å²) in [5.41, 5.74) is 3.49. The van der Waals surface area contributed by atoms with E-state index in [0.717, 1.165) is 27.1 Å². The van der Waals surface area contributed by atoms with Gasteiger partial charge in [0.2, 0.25) is 0 Å². The summed E-state index contributed by atoms with van der Waals surface area (Å²) in [4.78, 5) is 7.73. The fraction of sp³-hybridized carbons (Fsp3) is 0.300. The van der Waals surface area contributed by atoms with Gasteiger partial charge in [-0.2, -0.15) is 11.8 Å². The molecule has 0 saturated carbocycles. The van der Waals surface area contributed by atoms with Crippen LogP contribution in [0.2, 0.25) is 0 Å². The lowest BCUT2D eigenvalue weighted by molar-refractivity contribution is 1.17. The van der Waals surface area contributed by atoms with E-state index in [1.54, 1.807) is 0 Å². The number of H-pyrrole nitrogens is 1. The molecular formula is C10H11BrN2S. The van der Waals surface area contributed by atoms with Gasteiger partial charge in [-0.1, -0.05) is 15.9 Å². The second kappa shape index (κ2) is 3.95. The van der Waals surface area contributed by atoms with Gasteiger partial charge in [0.15, 0.2) is 0 Å². The average molecular weight is 271 g/mol. The highest BCUT2D eigenvalue weighted by Crippen LogP contribution is 2.25. The molecule has 0 unspecified atom stereocenters. The number of imidazole rings is 1. The maximum atomic E-state index is 4.48. The van der Waals surface area contributed by atoms with Crippen molar-refractivity contribution in [3.8, 4) is 0 Å². The molecule has 2 aromatic rings. The Kier molecular flexibility index (Phi) is 2.83. The quantitative estimate of drug-likeness (QED) is 0.905. The Morgan fingerprint density at radius 3 is 3.00 bits per heavy atom. The molecule has 0 radical (unpaired) electrons. The molecule has 2 rings (SSSR count). The molecule has 0 aliphatic rings. The summed E-state index contributed by atoms with van der Waals surface area (Å²) >= 11 is 5.32. The Morgan fingerprint density at radius 1 is 1.50 bits per heavy atom. The number of benzene rings is 1. The average Bonchev–Trinajstić information content (AvgIpc) is 2.45. The monoisotopic (exact) mass is 270 g/mol. The summed E-state index contributed by atoms with van der Waals surface area (Å²) in [5, 5.41) is 0. The zero-order valence-corrected chi connectivity index (χ0v) is 10.5.